The Morgan fingerprint density at radius 3 is 2.02 bits per heavy atom. The summed E-state index contributed by atoms with van der Waals surface area (Å²) < 4.78 is 51.1. The number of alkyl halides is 2. The van der Waals surface area contributed by atoms with Gasteiger partial charge in [0.15, 0.2) is 23.5 Å². The summed E-state index contributed by atoms with van der Waals surface area (Å²) in [6.07, 6.45) is -3.66. The number of hydrogen-bond acceptors (Lipinski definition) is 9. The van der Waals surface area contributed by atoms with E-state index in [2.05, 4.69) is 10.9 Å². The molecule has 5 atom stereocenters. The van der Waals surface area contributed by atoms with Gasteiger partial charge in [-0.25, -0.2) is 28.1 Å². The Balaban J connectivity index is 1.71. The Labute approximate surface area is 240 Å². The van der Waals surface area contributed by atoms with E-state index in [1.165, 1.54) is 24.3 Å². The van der Waals surface area contributed by atoms with E-state index in [1.54, 1.807) is 57.2 Å². The predicted octanol–water partition coefficient (Wildman–Crippen LogP) is 4.77. The minimum absolute atomic E-state index is 0.0241. The topological polar surface area (TPSA) is 104 Å². The van der Waals surface area contributed by atoms with E-state index in [-0.39, 0.29) is 22.8 Å². The number of carbonyl (C=O) groups is 3. The van der Waals surface area contributed by atoms with Crippen LogP contribution in [0.2, 0.25) is 0 Å². The molecule has 0 aromatic heterocycles. The van der Waals surface area contributed by atoms with E-state index in [1.807, 2.05) is 0 Å². The molecule has 216 valence electrons. The van der Waals surface area contributed by atoms with Crippen molar-refractivity contribution >= 4 is 35.0 Å². The number of esters is 2. The Morgan fingerprint density at radius 2 is 1.54 bits per heavy atom. The lowest BCUT2D eigenvalue weighted by Gasteiger charge is -2.41. The molecule has 0 aliphatic carbocycles. The van der Waals surface area contributed by atoms with Crippen molar-refractivity contribution in [1.82, 2.24) is 4.90 Å². The molecule has 0 N–H and O–H groups in total. The third-order valence-corrected chi connectivity index (χ3v) is 7.04. The summed E-state index contributed by atoms with van der Waals surface area (Å²) in [4.78, 5) is 44.6. The van der Waals surface area contributed by atoms with Crippen molar-refractivity contribution in [3.63, 3.8) is 0 Å². The molecule has 0 unspecified atom stereocenters. The lowest BCUT2D eigenvalue weighted by atomic mass is 9.97. The summed E-state index contributed by atoms with van der Waals surface area (Å²) in [5, 5.41) is 0.0241. The number of carbonyl (C=O) groups excluding carboxylic acids is 3. The molecule has 12 heteroatoms. The van der Waals surface area contributed by atoms with Gasteiger partial charge in [-0.1, -0.05) is 54.1 Å². The minimum Gasteiger partial charge on any atom is -0.452 e. The van der Waals surface area contributed by atoms with Gasteiger partial charge in [0, 0.05) is 0 Å². The SMILES string of the molecule is C#CCN(C(=O)OC(C)(C)C)C1=N[C@@H]2[C@@H](OC(=O)c3ccccc3)[C@H](OC(=O)c3ccccc3)[C@@H](C(F)F)O[C@@H]2S1. The molecular weight excluding hydrogens is 558 g/mol. The lowest BCUT2D eigenvalue weighted by molar-refractivity contribution is -0.194. The van der Waals surface area contributed by atoms with E-state index in [9.17, 15) is 23.2 Å². The number of benzene rings is 2. The third-order valence-electron chi connectivity index (χ3n) is 5.88. The van der Waals surface area contributed by atoms with Crippen LogP contribution in [0.15, 0.2) is 65.7 Å². The van der Waals surface area contributed by atoms with Gasteiger partial charge < -0.3 is 18.9 Å². The van der Waals surface area contributed by atoms with Crippen LogP contribution in [0.4, 0.5) is 13.6 Å². The van der Waals surface area contributed by atoms with E-state index >= 15 is 0 Å². The lowest BCUT2D eigenvalue weighted by Crippen LogP contribution is -2.59. The fourth-order valence-corrected chi connectivity index (χ4v) is 5.30. The maximum atomic E-state index is 14.4. The van der Waals surface area contributed by atoms with Crippen molar-refractivity contribution < 1.29 is 42.1 Å². The van der Waals surface area contributed by atoms with Crippen molar-refractivity contribution in [3.8, 4) is 12.3 Å². The third kappa shape index (κ3) is 7.23. The number of amides is 1. The van der Waals surface area contributed by atoms with Gasteiger partial charge in [-0.05, 0) is 45.0 Å². The monoisotopic (exact) mass is 586 g/mol. The molecule has 0 saturated carbocycles. The molecule has 2 aliphatic rings. The number of ether oxygens (including phenoxy) is 4. The number of terminal acetylenes is 1. The second kappa shape index (κ2) is 12.7. The fraction of sp³-hybridized carbons (Fsp3) is 0.379. The van der Waals surface area contributed by atoms with Crippen molar-refractivity contribution in [2.24, 2.45) is 4.99 Å². The molecule has 0 spiro atoms. The standard InChI is InChI=1S/C29H28F2N2O7S/c1-5-16-33(28(36)40-29(2,3)4)27-32-19-20(37-24(34)17-12-8-6-9-13-17)21(22(23(30)31)39-26(19)41-27)38-25(35)18-14-10-7-11-15-18/h1,6-15,19-23,26H,16H2,2-4H3/t19-,20-,21+,22+,26-/m1/s1. The first kappa shape index (κ1) is 30.0. The summed E-state index contributed by atoms with van der Waals surface area (Å²) in [6.45, 7) is 4.77. The first-order chi connectivity index (χ1) is 19.5. The zero-order chi connectivity index (χ0) is 29.7. The van der Waals surface area contributed by atoms with E-state index in [4.69, 9.17) is 25.4 Å². The Morgan fingerprint density at radius 1 is 1.00 bits per heavy atom. The van der Waals surface area contributed by atoms with Gasteiger partial charge in [-0.2, -0.15) is 0 Å². The Hall–Kier alpha value is -3.95. The van der Waals surface area contributed by atoms with Gasteiger partial charge in [0.2, 0.25) is 0 Å². The highest BCUT2D eigenvalue weighted by Crippen LogP contribution is 2.41. The number of rotatable bonds is 6. The number of nitrogens with zero attached hydrogens (tertiary/aromatic N) is 2. The molecule has 2 heterocycles. The summed E-state index contributed by atoms with van der Waals surface area (Å²) in [5.41, 5.74) is -1.73. The number of fused-ring (bicyclic) bond motifs is 1. The van der Waals surface area contributed by atoms with Crippen molar-refractivity contribution in [1.29, 1.82) is 0 Å². The minimum atomic E-state index is -3.13. The Kier molecular flexibility index (Phi) is 9.30. The Bertz CT molecular complexity index is 1330. The van der Waals surface area contributed by atoms with Crippen LogP contribution < -0.4 is 0 Å². The van der Waals surface area contributed by atoms with Gasteiger partial charge in [0.25, 0.3) is 6.43 Å². The summed E-state index contributed by atoms with van der Waals surface area (Å²) >= 11 is 0.854. The van der Waals surface area contributed by atoms with Gasteiger partial charge in [-0.15, -0.1) is 6.42 Å². The van der Waals surface area contributed by atoms with Gasteiger partial charge in [0.1, 0.15) is 17.1 Å². The van der Waals surface area contributed by atoms with Crippen LogP contribution in [-0.4, -0.2) is 76.5 Å². The van der Waals surface area contributed by atoms with Crippen LogP contribution in [-0.2, 0) is 18.9 Å². The van der Waals surface area contributed by atoms with Crippen LogP contribution in [0.1, 0.15) is 41.5 Å². The zero-order valence-corrected chi connectivity index (χ0v) is 23.3. The number of aliphatic imine (C=N–C) groups is 1. The van der Waals surface area contributed by atoms with Gasteiger partial charge in [0.05, 0.1) is 17.7 Å². The number of amidine groups is 1. The van der Waals surface area contributed by atoms with Crippen molar-refractivity contribution in [3.05, 3.63) is 71.8 Å². The average molecular weight is 587 g/mol. The zero-order valence-electron chi connectivity index (χ0n) is 22.4. The second-order valence-corrected chi connectivity index (χ2v) is 11.1. The molecule has 1 fully saturated rings. The molecule has 0 bridgehead atoms. The molecule has 9 nitrogen and oxygen atoms in total. The molecule has 2 aromatic carbocycles. The molecule has 1 saturated heterocycles. The van der Waals surface area contributed by atoms with Gasteiger partial charge in [-0.3, -0.25) is 4.99 Å². The molecule has 0 radical (unpaired) electrons. The largest absolute Gasteiger partial charge is 0.452 e. The summed E-state index contributed by atoms with van der Waals surface area (Å²) in [6, 6.07) is 14.5. The highest BCUT2D eigenvalue weighted by molar-refractivity contribution is 8.14. The quantitative estimate of drug-likeness (QED) is 0.271. The predicted molar refractivity (Wildman–Crippen MR) is 147 cm³/mol. The van der Waals surface area contributed by atoms with Crippen molar-refractivity contribution in [2.45, 2.75) is 62.6 Å². The van der Waals surface area contributed by atoms with Gasteiger partial charge >= 0.3 is 18.0 Å². The van der Waals surface area contributed by atoms with Crippen LogP contribution in [0.25, 0.3) is 0 Å². The highest BCUT2D eigenvalue weighted by Gasteiger charge is 2.56. The van der Waals surface area contributed by atoms with E-state index in [0.29, 0.717) is 0 Å². The van der Waals surface area contributed by atoms with Crippen LogP contribution >= 0.6 is 11.8 Å². The van der Waals surface area contributed by atoms with Crippen LogP contribution in [0.3, 0.4) is 0 Å². The van der Waals surface area contributed by atoms with E-state index < -0.39 is 59.8 Å². The molecule has 4 rings (SSSR count). The summed E-state index contributed by atoms with van der Waals surface area (Å²) in [5.74, 6) is 0.597. The first-order valence-corrected chi connectivity index (χ1v) is 13.5. The maximum Gasteiger partial charge on any atom is 0.417 e. The van der Waals surface area contributed by atoms with Crippen molar-refractivity contribution in [2.75, 3.05) is 6.54 Å². The number of halogens is 2. The molecular formula is C29H28F2N2O7S. The second-order valence-electron chi connectivity index (χ2n) is 10.1. The smallest absolute Gasteiger partial charge is 0.417 e. The summed E-state index contributed by atoms with van der Waals surface area (Å²) in [7, 11) is 0. The molecule has 2 aliphatic heterocycles. The fourth-order valence-electron chi connectivity index (χ4n) is 4.10. The number of hydrogen-bond donors (Lipinski definition) is 0. The molecule has 41 heavy (non-hydrogen) atoms. The maximum absolute atomic E-state index is 14.4. The highest BCUT2D eigenvalue weighted by atomic mass is 32.2. The normalized spacial score (nSPS) is 23.5. The van der Waals surface area contributed by atoms with Crippen LogP contribution in [0, 0.1) is 12.3 Å². The van der Waals surface area contributed by atoms with E-state index in [0.717, 1.165) is 16.7 Å². The van der Waals surface area contributed by atoms with Crippen LogP contribution in [0.5, 0.6) is 0 Å². The average Bonchev–Trinajstić information content (AvgIpc) is 3.36. The first-order valence-electron chi connectivity index (χ1n) is 12.6. The molecule has 2 aromatic rings. The molecule has 1 amide bonds. The number of thioether (sulfide) groups is 1.